The van der Waals surface area contributed by atoms with Gasteiger partial charge in [0.25, 0.3) is 0 Å². The lowest BCUT2D eigenvalue weighted by molar-refractivity contribution is 0.892. The lowest BCUT2D eigenvalue weighted by Gasteiger charge is -2.15. The van der Waals surface area contributed by atoms with E-state index in [-0.39, 0.29) is 0 Å². The lowest BCUT2D eigenvalue weighted by atomic mass is 9.97. The van der Waals surface area contributed by atoms with E-state index in [9.17, 15) is 0 Å². The number of hydrogen-bond acceptors (Lipinski definition) is 6. The molecule has 0 aliphatic rings. The summed E-state index contributed by atoms with van der Waals surface area (Å²) < 4.78 is 18.7. The number of rotatable bonds is 13. The minimum absolute atomic E-state index is 0.490. The first-order valence-electron chi connectivity index (χ1n) is 47.5. The predicted molar refractivity (Wildman–Crippen MR) is 575 cm³/mol. The summed E-state index contributed by atoms with van der Waals surface area (Å²) in [4.78, 5) is 34.1. The molecule has 0 aliphatic carbocycles. The minimum Gasteiger partial charge on any atom is -0.309 e. The molecule has 20 aromatic carbocycles. The molecule has 0 atom stereocenters. The number of hydrogen-bond donors (Lipinski definition) is 0. The van der Waals surface area contributed by atoms with E-state index in [0.717, 1.165) is 231 Å². The first-order valence-corrected chi connectivity index (χ1v) is 47.5. The highest BCUT2D eigenvalue weighted by atomic mass is 15.3. The number of nitrogens with zero attached hydrogens (tertiary/aromatic N) is 14. The molecule has 0 radical (unpaired) electrons. The molecule has 30 aromatic rings. The van der Waals surface area contributed by atoms with E-state index < -0.39 is 0 Å². The van der Waals surface area contributed by atoms with Crippen molar-refractivity contribution in [1.82, 2.24) is 66.4 Å². The Labute approximate surface area is 799 Å². The zero-order chi connectivity index (χ0) is 91.5. The Morgan fingerprint density at radius 2 is 0.343 bits per heavy atom. The third-order valence-electron chi connectivity index (χ3n) is 29.0. The van der Waals surface area contributed by atoms with Crippen LogP contribution >= 0.6 is 0 Å². The van der Waals surface area contributed by atoms with E-state index in [1.54, 1.807) is 0 Å². The van der Waals surface area contributed by atoms with Crippen LogP contribution in [0, 0.1) is 0 Å². The number of fused-ring (bicyclic) bond motifs is 26. The summed E-state index contributed by atoms with van der Waals surface area (Å²) in [5, 5.41) is 18.0. The summed E-state index contributed by atoms with van der Waals surface area (Å²) in [6.45, 7) is 0. The van der Waals surface area contributed by atoms with Crippen LogP contribution in [0.3, 0.4) is 0 Å². The van der Waals surface area contributed by atoms with Gasteiger partial charge in [0.1, 0.15) is 0 Å². The van der Waals surface area contributed by atoms with E-state index in [1.807, 2.05) is 0 Å². The highest BCUT2D eigenvalue weighted by Gasteiger charge is 2.30. The zero-order valence-corrected chi connectivity index (χ0v) is 75.1. The van der Waals surface area contributed by atoms with E-state index in [2.05, 4.69) is 498 Å². The smallest absolute Gasteiger partial charge is 0.240 e. The van der Waals surface area contributed by atoms with Gasteiger partial charge in [-0.2, -0.15) is 29.9 Å². The van der Waals surface area contributed by atoms with Crippen molar-refractivity contribution >= 4 is 174 Å². The number of benzene rings is 20. The Morgan fingerprint density at radius 1 is 0.114 bits per heavy atom. The molecule has 650 valence electrons. The Kier molecular flexibility index (Phi) is 16.6. The van der Waals surface area contributed by atoms with Crippen LogP contribution in [0.25, 0.3) is 277 Å². The average molecular weight is 1790 g/mol. The highest BCUT2D eigenvalue weighted by Crippen LogP contribution is 2.48. The van der Waals surface area contributed by atoms with Crippen molar-refractivity contribution in [2.45, 2.75) is 0 Å². The SMILES string of the molecule is c1ccc(-c2ccc(-c3nc(-n4c5ccccc5c5cc(-n6c7ccccc7c7ccccc76)ccc54)nc(-n4c5ccccc5c5cc(-n6c7ccccc7c7cc(-c8cccc(-c9ccc(-c%10nc(-n%11c%12ccccc%12c%12ccc%13c%14ccccc%14n(-c%14ccccc%14)c%13c%12%11)nc(-n%11c%12ccccc%12c%12ccc%13c%14ccccc%14n(-c%14ccccc%14)c%13c%12%11)n%10)cc9)c8)ccc76)ccc54)n3)cc2)cc1. The second-order valence-corrected chi connectivity index (χ2v) is 36.5. The molecule has 0 unspecified atom stereocenters. The second-order valence-electron chi connectivity index (χ2n) is 36.5. The fraction of sp³-hybridized carbons (Fsp3) is 0. The van der Waals surface area contributed by atoms with Crippen molar-refractivity contribution in [2.24, 2.45) is 0 Å². The Morgan fingerprint density at radius 3 is 0.721 bits per heavy atom. The van der Waals surface area contributed by atoms with Crippen LogP contribution in [-0.2, 0) is 0 Å². The van der Waals surface area contributed by atoms with Crippen LogP contribution in [0.5, 0.6) is 0 Å². The number of aromatic nitrogens is 14. The summed E-state index contributed by atoms with van der Waals surface area (Å²) in [5.41, 5.74) is 29.2. The van der Waals surface area contributed by atoms with Gasteiger partial charge in [0.15, 0.2) is 11.6 Å². The van der Waals surface area contributed by atoms with Crippen molar-refractivity contribution in [3.8, 4) is 103 Å². The molecule has 0 N–H and O–H groups in total. The molecule has 10 heterocycles. The van der Waals surface area contributed by atoms with Gasteiger partial charge in [-0.3, -0.25) is 18.3 Å². The summed E-state index contributed by atoms with van der Waals surface area (Å²) in [5.74, 6) is 3.07. The van der Waals surface area contributed by atoms with Crippen LogP contribution in [0.4, 0.5) is 0 Å². The first kappa shape index (κ1) is 77.3. The van der Waals surface area contributed by atoms with Crippen molar-refractivity contribution in [1.29, 1.82) is 0 Å². The molecule has 30 rings (SSSR count). The molecule has 0 aliphatic heterocycles. The number of para-hydroxylation sites is 11. The van der Waals surface area contributed by atoms with Crippen LogP contribution in [0.1, 0.15) is 0 Å². The highest BCUT2D eigenvalue weighted by molar-refractivity contribution is 6.26. The fourth-order valence-corrected chi connectivity index (χ4v) is 22.9. The topological polar surface area (TPSA) is 117 Å². The molecule has 0 bridgehead atoms. The fourth-order valence-electron chi connectivity index (χ4n) is 22.9. The monoisotopic (exact) mass is 1780 g/mol. The quantitative estimate of drug-likeness (QED) is 0.113. The molecule has 0 saturated heterocycles. The molecule has 14 heteroatoms. The van der Waals surface area contributed by atoms with E-state index in [0.29, 0.717) is 35.4 Å². The summed E-state index contributed by atoms with van der Waals surface area (Å²) >= 11 is 0. The van der Waals surface area contributed by atoms with Crippen LogP contribution in [0.2, 0.25) is 0 Å². The van der Waals surface area contributed by atoms with Crippen molar-refractivity contribution in [3.63, 3.8) is 0 Å². The molecular formula is C126H76N14. The molecule has 0 fully saturated rings. The maximum absolute atomic E-state index is 5.89. The van der Waals surface area contributed by atoms with Crippen LogP contribution in [0.15, 0.2) is 461 Å². The second kappa shape index (κ2) is 30.2. The maximum atomic E-state index is 5.89. The predicted octanol–water partition coefficient (Wildman–Crippen LogP) is 31.2. The summed E-state index contributed by atoms with van der Waals surface area (Å²) in [7, 11) is 0. The van der Waals surface area contributed by atoms with Gasteiger partial charge in [-0.1, -0.05) is 328 Å². The molecule has 14 nitrogen and oxygen atoms in total. The molecule has 140 heavy (non-hydrogen) atoms. The summed E-state index contributed by atoms with van der Waals surface area (Å²) in [6.07, 6.45) is 0. The first-order chi connectivity index (χ1) is 69.5. The third-order valence-corrected chi connectivity index (χ3v) is 29.0. The van der Waals surface area contributed by atoms with Gasteiger partial charge in [0.2, 0.25) is 23.8 Å². The molecule has 0 amide bonds. The molecule has 0 spiro atoms. The van der Waals surface area contributed by atoms with E-state index in [1.165, 1.54) is 10.8 Å². The van der Waals surface area contributed by atoms with Gasteiger partial charge in [0.05, 0.1) is 88.3 Å². The van der Waals surface area contributed by atoms with Crippen LogP contribution < -0.4 is 0 Å². The van der Waals surface area contributed by atoms with Crippen molar-refractivity contribution < 1.29 is 0 Å². The minimum atomic E-state index is 0.490. The van der Waals surface area contributed by atoms with Crippen molar-refractivity contribution in [3.05, 3.63) is 461 Å². The van der Waals surface area contributed by atoms with Gasteiger partial charge < -0.3 is 18.3 Å². The van der Waals surface area contributed by atoms with E-state index >= 15 is 0 Å². The molecule has 10 aromatic heterocycles. The van der Waals surface area contributed by atoms with Gasteiger partial charge in [0, 0.05) is 120 Å². The average Bonchev–Trinajstić information content (AvgIpc) is 1.54. The Hall–Kier alpha value is -19.2. The van der Waals surface area contributed by atoms with Gasteiger partial charge in [-0.15, -0.1) is 0 Å². The summed E-state index contributed by atoms with van der Waals surface area (Å²) in [6, 6.07) is 166. The lowest BCUT2D eigenvalue weighted by Crippen LogP contribution is -2.11. The molecule has 0 saturated carbocycles. The standard InChI is InChI=1S/C126H76N14/c1-4-29-77(30-5-1)78-55-59-80(60-56-78)121-127-123(137-110-51-24-17-44-96(110)103-75-87(64-71-115(103)137)133-105-46-19-10-37-89(105)90-38-11-20-47-106(90)133)131-124(128-121)138-111-52-25-18-45-97(111)104-76-88(65-72-116(104)138)134-107-48-21-16-43-95(107)102-74-84(63-70-114(102)134)83-32-28-31-82(73-83)79-57-61-81(62-58-79)122-129-125(139-112-53-26-14-41-93(112)100-68-66-98-91-39-12-22-49-108(91)135(117(98)119(100)139)85-33-6-2-7-34-85)132-126(130-122)140-113-54-27-15-42-94(113)101-69-67-99-92-40-13-23-50-109(92)136(118(99)120(101)140)86-35-8-3-9-36-86/h1-76H. The largest absolute Gasteiger partial charge is 0.309 e. The third kappa shape index (κ3) is 11.5. The Balaban J connectivity index is 0.546. The van der Waals surface area contributed by atoms with Gasteiger partial charge >= 0.3 is 0 Å². The maximum Gasteiger partial charge on any atom is 0.240 e. The van der Waals surface area contributed by atoms with Crippen molar-refractivity contribution in [2.75, 3.05) is 0 Å². The van der Waals surface area contributed by atoms with Gasteiger partial charge in [-0.25, -0.2) is 0 Å². The molecular weight excluding hydrogens is 1710 g/mol. The van der Waals surface area contributed by atoms with Crippen LogP contribution in [-0.4, -0.2) is 66.4 Å². The Bertz CT molecular complexity index is 10200. The van der Waals surface area contributed by atoms with E-state index in [4.69, 9.17) is 29.9 Å². The van der Waals surface area contributed by atoms with Gasteiger partial charge in [-0.05, 0) is 167 Å². The zero-order valence-electron chi connectivity index (χ0n) is 75.1. The normalized spacial score (nSPS) is 12.1.